The van der Waals surface area contributed by atoms with Crippen LogP contribution in [0.3, 0.4) is 0 Å². The van der Waals surface area contributed by atoms with Gasteiger partial charge in [-0.3, -0.25) is 4.79 Å². The summed E-state index contributed by atoms with van der Waals surface area (Å²) in [5, 5.41) is 3.93. The first-order valence-corrected chi connectivity index (χ1v) is 7.20. The molecule has 0 spiro atoms. The summed E-state index contributed by atoms with van der Waals surface area (Å²) >= 11 is 3.37. The minimum absolute atomic E-state index is 0.0523. The third-order valence-corrected chi connectivity index (χ3v) is 4.06. The van der Waals surface area contributed by atoms with Gasteiger partial charge in [-0.25, -0.2) is 0 Å². The maximum absolute atomic E-state index is 12.4. The summed E-state index contributed by atoms with van der Waals surface area (Å²) in [5.41, 5.74) is 7.06. The summed E-state index contributed by atoms with van der Waals surface area (Å²) in [7, 11) is 0. The van der Waals surface area contributed by atoms with E-state index in [4.69, 9.17) is 10.3 Å². The Morgan fingerprint density at radius 2 is 2.15 bits per heavy atom. The van der Waals surface area contributed by atoms with Gasteiger partial charge in [0.1, 0.15) is 0 Å². The van der Waals surface area contributed by atoms with E-state index in [1.54, 1.807) is 6.07 Å². The number of aromatic nitrogens is 1. The lowest BCUT2D eigenvalue weighted by Crippen LogP contribution is -2.28. The van der Waals surface area contributed by atoms with Crippen molar-refractivity contribution in [2.24, 2.45) is 0 Å². The smallest absolute Gasteiger partial charge is 0.253 e. The van der Waals surface area contributed by atoms with E-state index >= 15 is 0 Å². The summed E-state index contributed by atoms with van der Waals surface area (Å²) in [4.78, 5) is 14.2. The van der Waals surface area contributed by atoms with Crippen molar-refractivity contribution in [3.8, 4) is 0 Å². The number of hydrogen-bond donors (Lipinski definition) is 1. The average molecular weight is 336 g/mol. The van der Waals surface area contributed by atoms with Gasteiger partial charge < -0.3 is 15.2 Å². The lowest BCUT2D eigenvalue weighted by atomic mass is 10.1. The lowest BCUT2D eigenvalue weighted by molar-refractivity contribution is 0.0790. The molecule has 3 rings (SSSR count). The molecule has 2 aromatic rings. The molecule has 1 aliphatic heterocycles. The van der Waals surface area contributed by atoms with Crippen molar-refractivity contribution >= 4 is 27.7 Å². The molecule has 1 atom stereocenters. The molecule has 6 heteroatoms. The van der Waals surface area contributed by atoms with E-state index in [9.17, 15) is 4.79 Å². The molecule has 1 fully saturated rings. The number of carbonyl (C=O) groups is 1. The molecule has 0 bridgehead atoms. The second-order valence-electron chi connectivity index (χ2n) is 4.90. The van der Waals surface area contributed by atoms with Gasteiger partial charge in [-0.05, 0) is 30.7 Å². The second-order valence-corrected chi connectivity index (χ2v) is 5.81. The predicted octanol–water partition coefficient (Wildman–Crippen LogP) is 2.65. The molecule has 0 saturated carbocycles. The standard InChI is InChI=1S/C14H14BrN3O2/c15-11-3-1-9(2-4-11)14(19)18-6-5-10(8-18)12-7-13(16)20-17-12/h1-4,7,10H,5-6,8,16H2. The normalized spacial score (nSPS) is 18.4. The Labute approximate surface area is 124 Å². The third-order valence-electron chi connectivity index (χ3n) is 3.53. The van der Waals surface area contributed by atoms with Gasteiger partial charge >= 0.3 is 0 Å². The fourth-order valence-electron chi connectivity index (χ4n) is 2.46. The molecule has 104 valence electrons. The summed E-state index contributed by atoms with van der Waals surface area (Å²) in [5.74, 6) is 0.574. The number of amides is 1. The van der Waals surface area contributed by atoms with Gasteiger partial charge in [0, 0.05) is 35.1 Å². The zero-order valence-electron chi connectivity index (χ0n) is 10.8. The van der Waals surface area contributed by atoms with Gasteiger partial charge in [0.25, 0.3) is 5.91 Å². The second kappa shape index (κ2) is 5.28. The number of nitrogens with zero attached hydrogens (tertiary/aromatic N) is 2. The average Bonchev–Trinajstić information content (AvgIpc) is 3.07. The van der Waals surface area contributed by atoms with E-state index in [0.29, 0.717) is 18.0 Å². The molecule has 1 aliphatic rings. The maximum Gasteiger partial charge on any atom is 0.253 e. The summed E-state index contributed by atoms with van der Waals surface area (Å²) in [6.07, 6.45) is 0.883. The highest BCUT2D eigenvalue weighted by Gasteiger charge is 2.29. The Morgan fingerprint density at radius 1 is 1.40 bits per heavy atom. The van der Waals surface area contributed by atoms with Crippen molar-refractivity contribution in [1.82, 2.24) is 10.1 Å². The lowest BCUT2D eigenvalue weighted by Gasteiger charge is -2.16. The Balaban J connectivity index is 1.70. The number of halogens is 1. The van der Waals surface area contributed by atoms with E-state index in [2.05, 4.69) is 21.1 Å². The van der Waals surface area contributed by atoms with Crippen molar-refractivity contribution in [3.63, 3.8) is 0 Å². The highest BCUT2D eigenvalue weighted by molar-refractivity contribution is 9.10. The molecule has 1 saturated heterocycles. The van der Waals surface area contributed by atoms with Gasteiger partial charge in [0.2, 0.25) is 5.88 Å². The number of benzene rings is 1. The van der Waals surface area contributed by atoms with Gasteiger partial charge in [0.05, 0.1) is 5.69 Å². The van der Waals surface area contributed by atoms with Gasteiger partial charge in [-0.2, -0.15) is 0 Å². The first-order valence-electron chi connectivity index (χ1n) is 6.40. The van der Waals surface area contributed by atoms with Gasteiger partial charge in [-0.15, -0.1) is 0 Å². The molecule has 2 N–H and O–H groups in total. The molecule has 20 heavy (non-hydrogen) atoms. The molecule has 1 aromatic carbocycles. The van der Waals surface area contributed by atoms with Crippen LogP contribution in [0, 0.1) is 0 Å². The van der Waals surface area contributed by atoms with Crippen molar-refractivity contribution in [2.75, 3.05) is 18.8 Å². The van der Waals surface area contributed by atoms with E-state index in [1.807, 2.05) is 29.2 Å². The number of anilines is 1. The van der Waals surface area contributed by atoms with Crippen LogP contribution in [0.5, 0.6) is 0 Å². The largest absolute Gasteiger partial charge is 0.368 e. The maximum atomic E-state index is 12.4. The quantitative estimate of drug-likeness (QED) is 0.915. The molecule has 2 heterocycles. The van der Waals surface area contributed by atoms with Crippen LogP contribution in [0.15, 0.2) is 39.3 Å². The number of carbonyl (C=O) groups excluding carboxylic acids is 1. The van der Waals surface area contributed by atoms with Crippen LogP contribution in [0.4, 0.5) is 5.88 Å². The molecule has 5 nitrogen and oxygen atoms in total. The van der Waals surface area contributed by atoms with Gasteiger partial charge in [0.15, 0.2) is 0 Å². The van der Waals surface area contributed by atoms with Crippen LogP contribution in [0.2, 0.25) is 0 Å². The highest BCUT2D eigenvalue weighted by Crippen LogP contribution is 2.28. The first kappa shape index (κ1) is 13.2. The zero-order valence-corrected chi connectivity index (χ0v) is 12.3. The van der Waals surface area contributed by atoms with E-state index in [0.717, 1.165) is 23.1 Å². The molecule has 1 aromatic heterocycles. The minimum atomic E-state index is 0.0523. The highest BCUT2D eigenvalue weighted by atomic mass is 79.9. The number of nitrogen functional groups attached to an aromatic ring is 1. The van der Waals surface area contributed by atoms with Gasteiger partial charge in [-0.1, -0.05) is 21.1 Å². The number of likely N-dealkylation sites (tertiary alicyclic amines) is 1. The van der Waals surface area contributed by atoms with Crippen LogP contribution in [-0.4, -0.2) is 29.1 Å². The van der Waals surface area contributed by atoms with E-state index < -0.39 is 0 Å². The van der Waals surface area contributed by atoms with Crippen LogP contribution in [-0.2, 0) is 0 Å². The predicted molar refractivity (Wildman–Crippen MR) is 78.3 cm³/mol. The Kier molecular flexibility index (Phi) is 3.48. The monoisotopic (exact) mass is 335 g/mol. The Hall–Kier alpha value is -1.82. The van der Waals surface area contributed by atoms with E-state index in [-0.39, 0.29) is 11.8 Å². The molecule has 1 unspecified atom stereocenters. The Morgan fingerprint density at radius 3 is 2.80 bits per heavy atom. The van der Waals surface area contributed by atoms with Crippen molar-refractivity contribution < 1.29 is 9.32 Å². The summed E-state index contributed by atoms with van der Waals surface area (Å²) in [6.45, 7) is 1.38. The zero-order chi connectivity index (χ0) is 14.1. The first-order chi connectivity index (χ1) is 9.63. The fourth-order valence-corrected chi connectivity index (χ4v) is 2.72. The van der Waals surface area contributed by atoms with E-state index in [1.165, 1.54) is 0 Å². The number of nitrogens with two attached hydrogens (primary N) is 1. The summed E-state index contributed by atoms with van der Waals surface area (Å²) < 4.78 is 5.85. The topological polar surface area (TPSA) is 72.4 Å². The number of hydrogen-bond acceptors (Lipinski definition) is 4. The van der Waals surface area contributed by atoms with Crippen molar-refractivity contribution in [1.29, 1.82) is 0 Å². The molecule has 0 radical (unpaired) electrons. The van der Waals surface area contributed by atoms with Crippen LogP contribution in [0.1, 0.15) is 28.4 Å². The van der Waals surface area contributed by atoms with Crippen LogP contribution in [0.25, 0.3) is 0 Å². The fraction of sp³-hybridized carbons (Fsp3) is 0.286. The third kappa shape index (κ3) is 2.56. The number of rotatable bonds is 2. The molecule has 1 amide bonds. The molecular formula is C14H14BrN3O2. The minimum Gasteiger partial charge on any atom is -0.368 e. The van der Waals surface area contributed by atoms with Crippen molar-refractivity contribution in [2.45, 2.75) is 12.3 Å². The Bertz CT molecular complexity index is 624. The summed E-state index contributed by atoms with van der Waals surface area (Å²) in [6, 6.07) is 9.14. The molecular weight excluding hydrogens is 322 g/mol. The molecule has 0 aliphatic carbocycles. The van der Waals surface area contributed by atoms with Crippen LogP contribution >= 0.6 is 15.9 Å². The van der Waals surface area contributed by atoms with Crippen molar-refractivity contribution in [3.05, 3.63) is 46.1 Å². The SMILES string of the molecule is Nc1cc(C2CCN(C(=O)c3ccc(Br)cc3)C2)no1. The van der Waals surface area contributed by atoms with Crippen LogP contribution < -0.4 is 5.73 Å².